The molecule has 31 heavy (non-hydrogen) atoms. The van der Waals surface area contributed by atoms with Crippen LogP contribution in [0, 0.1) is 0 Å². The molecule has 3 aliphatic carbocycles. The van der Waals surface area contributed by atoms with Crippen LogP contribution < -0.4 is 0 Å². The Hall–Kier alpha value is -2.82. The zero-order valence-corrected chi connectivity index (χ0v) is 17.8. The highest BCUT2D eigenvalue weighted by molar-refractivity contribution is 5.86. The second-order valence-corrected chi connectivity index (χ2v) is 9.16. The number of carboxylic acids is 1. The number of hydrogen-bond donors (Lipinski definition) is 1. The first-order valence-corrected chi connectivity index (χ1v) is 11.5. The van der Waals surface area contributed by atoms with Gasteiger partial charge in [0.05, 0.1) is 0 Å². The Balaban J connectivity index is 1.40. The molecular formula is C26H29NO4. The number of carboxylic acid groups (broad SMARTS) is 1. The number of aliphatic carboxylic acids is 1. The van der Waals surface area contributed by atoms with E-state index in [0.29, 0.717) is 12.8 Å². The third-order valence-corrected chi connectivity index (χ3v) is 7.51. The molecule has 3 aliphatic rings. The van der Waals surface area contributed by atoms with Crippen molar-refractivity contribution in [2.45, 2.75) is 68.9 Å². The van der Waals surface area contributed by atoms with Gasteiger partial charge in [0.1, 0.15) is 12.1 Å². The van der Waals surface area contributed by atoms with Gasteiger partial charge in [0.2, 0.25) is 0 Å². The molecule has 5 rings (SSSR count). The van der Waals surface area contributed by atoms with Crippen LogP contribution in [0.1, 0.15) is 68.4 Å². The minimum Gasteiger partial charge on any atom is -0.479 e. The van der Waals surface area contributed by atoms with Crippen molar-refractivity contribution >= 4 is 12.1 Å². The van der Waals surface area contributed by atoms with Crippen molar-refractivity contribution < 1.29 is 19.4 Å². The van der Waals surface area contributed by atoms with E-state index in [4.69, 9.17) is 4.74 Å². The fourth-order valence-electron chi connectivity index (χ4n) is 5.75. The molecule has 0 heterocycles. The molecule has 0 saturated heterocycles. The van der Waals surface area contributed by atoms with Gasteiger partial charge in [-0.25, -0.2) is 9.59 Å². The van der Waals surface area contributed by atoms with Crippen molar-refractivity contribution in [2.75, 3.05) is 6.61 Å². The van der Waals surface area contributed by atoms with Crippen LogP contribution >= 0.6 is 0 Å². The monoisotopic (exact) mass is 419 g/mol. The summed E-state index contributed by atoms with van der Waals surface area (Å²) in [6, 6.07) is 16.5. The molecule has 0 radical (unpaired) electrons. The first-order valence-electron chi connectivity index (χ1n) is 11.5. The Kier molecular flexibility index (Phi) is 5.20. The molecule has 5 heteroatoms. The second-order valence-electron chi connectivity index (χ2n) is 9.16. The number of amides is 1. The van der Waals surface area contributed by atoms with Crippen LogP contribution in [0.15, 0.2) is 48.5 Å². The van der Waals surface area contributed by atoms with Crippen molar-refractivity contribution in [3.63, 3.8) is 0 Å². The standard InChI is InChI=1S/C26H29NO4/c28-24(29)26(15-8-16-26)27(18-9-2-1-3-10-18)25(30)31-17-23-21-13-6-4-11-19(21)20-12-5-7-14-22(20)23/h4-7,11-14,18,23H,1-3,8-10,15-17H2,(H,28,29). The maximum atomic E-state index is 13.4. The molecule has 0 spiro atoms. The molecule has 162 valence electrons. The summed E-state index contributed by atoms with van der Waals surface area (Å²) in [5, 5.41) is 10.0. The number of fused-ring (bicyclic) bond motifs is 3. The maximum Gasteiger partial charge on any atom is 0.411 e. The fourth-order valence-corrected chi connectivity index (χ4v) is 5.75. The largest absolute Gasteiger partial charge is 0.479 e. The zero-order valence-electron chi connectivity index (χ0n) is 17.8. The van der Waals surface area contributed by atoms with Crippen molar-refractivity contribution in [1.29, 1.82) is 0 Å². The van der Waals surface area contributed by atoms with Gasteiger partial charge in [-0.2, -0.15) is 0 Å². The first-order chi connectivity index (χ1) is 15.1. The van der Waals surface area contributed by atoms with E-state index >= 15 is 0 Å². The van der Waals surface area contributed by atoms with Gasteiger partial charge in [0.15, 0.2) is 0 Å². The van der Waals surface area contributed by atoms with Gasteiger partial charge in [-0.05, 0) is 54.4 Å². The van der Waals surface area contributed by atoms with Crippen molar-refractivity contribution in [1.82, 2.24) is 4.90 Å². The first kappa shape index (κ1) is 20.1. The van der Waals surface area contributed by atoms with Crippen molar-refractivity contribution in [3.05, 3.63) is 59.7 Å². The molecule has 1 amide bonds. The van der Waals surface area contributed by atoms with Gasteiger partial charge in [-0.1, -0.05) is 67.8 Å². The van der Waals surface area contributed by atoms with E-state index in [2.05, 4.69) is 24.3 Å². The van der Waals surface area contributed by atoms with E-state index in [-0.39, 0.29) is 18.6 Å². The predicted octanol–water partition coefficient (Wildman–Crippen LogP) is 5.58. The molecule has 2 saturated carbocycles. The van der Waals surface area contributed by atoms with E-state index in [1.165, 1.54) is 11.1 Å². The summed E-state index contributed by atoms with van der Waals surface area (Å²) < 4.78 is 5.91. The molecule has 2 aromatic carbocycles. The number of carbonyl (C=O) groups excluding carboxylic acids is 1. The minimum atomic E-state index is -1.09. The minimum absolute atomic E-state index is 0.0216. The lowest BCUT2D eigenvalue weighted by Gasteiger charge is -2.50. The highest BCUT2D eigenvalue weighted by Gasteiger charge is 2.54. The molecule has 0 unspecified atom stereocenters. The Morgan fingerprint density at radius 2 is 1.48 bits per heavy atom. The van der Waals surface area contributed by atoms with Crippen LogP contribution in [0.3, 0.4) is 0 Å². The highest BCUT2D eigenvalue weighted by atomic mass is 16.6. The Labute approximate surface area is 183 Å². The molecule has 0 aromatic heterocycles. The van der Waals surface area contributed by atoms with Gasteiger partial charge < -0.3 is 9.84 Å². The summed E-state index contributed by atoms with van der Waals surface area (Å²) in [5.74, 6) is -0.912. The summed E-state index contributed by atoms with van der Waals surface area (Å²) in [6.45, 7) is 0.228. The van der Waals surface area contributed by atoms with Gasteiger partial charge >= 0.3 is 12.1 Å². The lowest BCUT2D eigenvalue weighted by Crippen LogP contribution is -2.64. The number of carbonyl (C=O) groups is 2. The van der Waals surface area contributed by atoms with Gasteiger partial charge in [-0.15, -0.1) is 0 Å². The topological polar surface area (TPSA) is 66.8 Å². The summed E-state index contributed by atoms with van der Waals surface area (Å²) in [4.78, 5) is 27.3. The third kappa shape index (κ3) is 3.31. The number of benzene rings is 2. The van der Waals surface area contributed by atoms with Gasteiger partial charge in [-0.3, -0.25) is 4.90 Å². The van der Waals surface area contributed by atoms with E-state index in [9.17, 15) is 14.7 Å². The number of hydrogen-bond acceptors (Lipinski definition) is 3. The lowest BCUT2D eigenvalue weighted by atomic mass is 9.73. The average Bonchev–Trinajstić information content (AvgIpc) is 3.08. The third-order valence-electron chi connectivity index (χ3n) is 7.51. The van der Waals surface area contributed by atoms with Crippen LogP contribution in [0.4, 0.5) is 4.79 Å². The number of rotatable bonds is 5. The lowest BCUT2D eigenvalue weighted by molar-refractivity contribution is -0.159. The Bertz CT molecular complexity index is 945. The van der Waals surface area contributed by atoms with Gasteiger partial charge in [0.25, 0.3) is 0 Å². The molecule has 5 nitrogen and oxygen atoms in total. The molecule has 2 aromatic rings. The maximum absolute atomic E-state index is 13.4. The summed E-state index contributed by atoms with van der Waals surface area (Å²) in [6.07, 6.45) is 6.35. The molecule has 0 aliphatic heterocycles. The fraction of sp³-hybridized carbons (Fsp3) is 0.462. The molecular weight excluding hydrogens is 390 g/mol. The molecule has 2 fully saturated rings. The average molecular weight is 420 g/mol. The SMILES string of the molecule is O=C(OCC1c2ccccc2-c2ccccc21)N(C1CCCCC1)C1(C(=O)O)CCC1. The quantitative estimate of drug-likeness (QED) is 0.687. The van der Waals surface area contributed by atoms with E-state index in [1.807, 2.05) is 24.3 Å². The Morgan fingerprint density at radius 1 is 0.903 bits per heavy atom. The predicted molar refractivity (Wildman–Crippen MR) is 118 cm³/mol. The number of nitrogens with zero attached hydrogens (tertiary/aromatic N) is 1. The van der Waals surface area contributed by atoms with Crippen LogP contribution in [-0.4, -0.2) is 40.3 Å². The van der Waals surface area contributed by atoms with Crippen LogP contribution in [-0.2, 0) is 9.53 Å². The van der Waals surface area contributed by atoms with E-state index in [0.717, 1.165) is 49.7 Å². The van der Waals surface area contributed by atoms with Crippen LogP contribution in [0.25, 0.3) is 11.1 Å². The van der Waals surface area contributed by atoms with Crippen molar-refractivity contribution in [3.8, 4) is 11.1 Å². The van der Waals surface area contributed by atoms with Gasteiger partial charge in [0, 0.05) is 12.0 Å². The van der Waals surface area contributed by atoms with Crippen molar-refractivity contribution in [2.24, 2.45) is 0 Å². The van der Waals surface area contributed by atoms with E-state index in [1.54, 1.807) is 4.90 Å². The zero-order chi connectivity index (χ0) is 21.4. The number of ether oxygens (including phenoxy) is 1. The smallest absolute Gasteiger partial charge is 0.411 e. The summed E-state index contributed by atoms with van der Waals surface area (Å²) in [5.41, 5.74) is 3.60. The normalized spacial score (nSPS) is 19.7. The summed E-state index contributed by atoms with van der Waals surface area (Å²) in [7, 11) is 0. The van der Waals surface area contributed by atoms with E-state index < -0.39 is 17.6 Å². The van der Waals surface area contributed by atoms with Crippen LogP contribution in [0.5, 0.6) is 0 Å². The Morgan fingerprint density at radius 3 is 2.00 bits per heavy atom. The molecule has 0 bridgehead atoms. The second kappa shape index (κ2) is 8.03. The highest BCUT2D eigenvalue weighted by Crippen LogP contribution is 2.45. The molecule has 0 atom stereocenters. The summed E-state index contributed by atoms with van der Waals surface area (Å²) >= 11 is 0. The van der Waals surface area contributed by atoms with Crippen LogP contribution in [0.2, 0.25) is 0 Å². The molecule has 1 N–H and O–H groups in total.